The van der Waals surface area contributed by atoms with Crippen molar-refractivity contribution in [3.05, 3.63) is 350 Å². The van der Waals surface area contributed by atoms with Crippen LogP contribution in [0.4, 0.5) is 52.7 Å². The van der Waals surface area contributed by atoms with Crippen molar-refractivity contribution in [2.45, 2.75) is 197 Å². The van der Waals surface area contributed by atoms with E-state index >= 15 is 4.79 Å². The number of likely N-dealkylation sites (N-methyl/N-ethyl adjacent to an activating group) is 3. The zero-order chi connectivity index (χ0) is 136. The van der Waals surface area contributed by atoms with E-state index in [4.69, 9.17) is 34.3 Å². The van der Waals surface area contributed by atoms with Crippen LogP contribution in [0.5, 0.6) is 0 Å². The first-order chi connectivity index (χ1) is 83.4. The Labute approximate surface area is 896 Å². The molecule has 3 aliphatic rings. The zero-order valence-corrected chi connectivity index (χ0v) is 81.3. The number of alkyl halides is 9. The maximum atomic E-state index is 15.1. The van der Waals surface area contributed by atoms with E-state index in [1.165, 1.54) is 84.9 Å². The molecule has 9 aromatic carbocycles. The van der Waals surface area contributed by atoms with Gasteiger partial charge in [0.15, 0.2) is 15.5 Å². The van der Waals surface area contributed by atoms with Crippen molar-refractivity contribution in [1.29, 1.82) is 0 Å². The van der Waals surface area contributed by atoms with Crippen LogP contribution < -0.4 is 16.7 Å². The quantitative estimate of drug-likeness (QED) is 0.0202. The summed E-state index contributed by atoms with van der Waals surface area (Å²) in [6.45, 7) is -6.75. The number of hydrogen-bond acceptors (Lipinski definition) is 15. The molecule has 2 unspecified atom stereocenters. The van der Waals surface area contributed by atoms with Gasteiger partial charge in [0.25, 0.3) is 16.7 Å². The molecule has 12 aromatic rings. The molecule has 3 aliphatic carbocycles. The largest absolute Gasteiger partial charge is 0.416 e. The van der Waals surface area contributed by atoms with Gasteiger partial charge >= 0.3 is 18.5 Å². The lowest BCUT2D eigenvalue weighted by atomic mass is 9.98. The second-order valence-electron chi connectivity index (χ2n) is 32.1. The Balaban J connectivity index is 0.000000221. The molecule has 0 N–H and O–H groups in total. The van der Waals surface area contributed by atoms with E-state index in [2.05, 4.69) is 15.0 Å². The number of benzene rings is 9. The molecule has 33 heteroatoms. The van der Waals surface area contributed by atoms with Crippen LogP contribution >= 0.6 is 35.3 Å². The molecule has 762 valence electrons. The minimum absolute atomic E-state index is 0.0528. The van der Waals surface area contributed by atoms with Crippen LogP contribution in [0.25, 0.3) is 33.4 Å². The maximum Gasteiger partial charge on any atom is 0.416 e. The van der Waals surface area contributed by atoms with Crippen LogP contribution in [-0.2, 0) is 127 Å². The van der Waals surface area contributed by atoms with Gasteiger partial charge < -0.3 is 43.1 Å². The molecule has 0 fully saturated rings. The highest BCUT2D eigenvalue weighted by molar-refractivity contribution is 7.98. The van der Waals surface area contributed by atoms with Gasteiger partial charge in [-0.05, 0) is 242 Å². The van der Waals surface area contributed by atoms with Crippen LogP contribution in [0.15, 0.2) is 242 Å². The highest BCUT2D eigenvalue weighted by atomic mass is 32.2. The third-order valence-corrected chi connectivity index (χ3v) is 25.4. The van der Waals surface area contributed by atoms with E-state index in [0.29, 0.717) is 98.3 Å². The Morgan fingerprint density at radius 1 is 0.382 bits per heavy atom. The van der Waals surface area contributed by atoms with E-state index in [1.807, 2.05) is 18.7 Å². The van der Waals surface area contributed by atoms with Crippen molar-refractivity contribution in [1.82, 2.24) is 58.1 Å². The second-order valence-corrected chi connectivity index (χ2v) is 34.9. The molecule has 144 heavy (non-hydrogen) atoms. The number of hydrogen-bond donors (Lipinski definition) is 0. The second kappa shape index (κ2) is 50.3. The van der Waals surface area contributed by atoms with E-state index < -0.39 is 345 Å². The number of carbonyl (C=O) groups is 3. The molecule has 0 saturated carbocycles. The van der Waals surface area contributed by atoms with Crippen LogP contribution in [0, 0.1) is 36.2 Å². The number of halogens is 12. The summed E-state index contributed by atoms with van der Waals surface area (Å²) in [5, 5.41) is -1.55. The Morgan fingerprint density at radius 2 is 0.701 bits per heavy atom. The summed E-state index contributed by atoms with van der Waals surface area (Å²) in [7, 11) is 0. The Hall–Kier alpha value is -11.9. The number of carbonyl (C=O) groups excluding carboxylic acids is 3. The monoisotopic (exact) mass is 2080 g/mol. The first-order valence-electron chi connectivity index (χ1n) is 63.6. The Kier molecular flexibility index (Phi) is 24.2. The van der Waals surface area contributed by atoms with Gasteiger partial charge in [-0.15, -0.1) is 0 Å². The van der Waals surface area contributed by atoms with Crippen LogP contribution in [0.1, 0.15) is 202 Å². The number of rotatable bonds is 39. The fourth-order valence-electron chi connectivity index (χ4n) is 14.5. The molecule has 3 heterocycles. The number of aromatic nitrogens is 6. The van der Waals surface area contributed by atoms with Crippen molar-refractivity contribution in [2.75, 3.05) is 78.5 Å². The van der Waals surface area contributed by atoms with Gasteiger partial charge in [0.05, 0.1) is 53.7 Å². The van der Waals surface area contributed by atoms with Gasteiger partial charge in [-0.3, -0.25) is 28.8 Å². The van der Waals surface area contributed by atoms with Gasteiger partial charge in [0.1, 0.15) is 36.9 Å². The summed E-state index contributed by atoms with van der Waals surface area (Å²) in [5.74, 6) is -12.5. The highest BCUT2D eigenvalue weighted by Crippen LogP contribution is 2.39. The number of thioether (sulfide) groups is 3. The molecule has 2 atom stereocenters. The summed E-state index contributed by atoms with van der Waals surface area (Å²) >= 11 is 2.09. The van der Waals surface area contributed by atoms with Crippen molar-refractivity contribution in [3.63, 3.8) is 0 Å². The summed E-state index contributed by atoms with van der Waals surface area (Å²) in [4.78, 5) is 103. The first kappa shape index (κ1) is 69.2. The molecule has 0 aliphatic heterocycles. The SMILES string of the molecule is [2H]C([2H])(c1ccc(-c2ccc(C(F)(F)F)cc2)cc1)N(CCN(CC)CC)C(=O)C([2H])([2H])n1c(SCc2ccc(F)cc2)nc(=O)c2c1C([2H])([2H])C([2H])(C)C2([2H])[2H].[2H]c1c([2H])c(C(F)(F)F)c([2H])c([2H])c1-c1c([2H])c([2H])c(C([2H])([2H])N(CCN(CC)CC)C(=O)C([2H])([2H])n2c(SCc3ccc(F)cc3)nc(=O)c3c2C([2H])([2H])C([2H])(C)C3([2H])[2H])c([2H])c1[2H].[2H]c1c([2H])c(C([2H])([2H])N(CCN(CC)CC)C(=O)C([2H])([2H])n2c(SCc3ccc(F)cc3)nc(=O)c3c2CCC3)c([2H])c([2H])c1-c1c([2H])c([2H])c(C(F)(F)F)c(C)c1[2H]. The smallest absolute Gasteiger partial charge is 0.336 e. The number of fused-ring (bicyclic) bond motifs is 3. The van der Waals surface area contributed by atoms with Crippen molar-refractivity contribution in [2.24, 2.45) is 11.8 Å². The lowest BCUT2D eigenvalue weighted by Crippen LogP contribution is -2.40. The van der Waals surface area contributed by atoms with Crippen molar-refractivity contribution < 1.29 is 118 Å². The van der Waals surface area contributed by atoms with Crippen LogP contribution in [0.3, 0.4) is 0 Å². The third kappa shape index (κ3) is 29.5. The van der Waals surface area contributed by atoms with E-state index in [0.717, 1.165) is 73.5 Å². The topological polar surface area (TPSA) is 175 Å². The summed E-state index contributed by atoms with van der Waals surface area (Å²) < 4.78 is 494. The molecule has 0 radical (unpaired) electrons. The minimum atomic E-state index is -5.39. The van der Waals surface area contributed by atoms with Gasteiger partial charge in [0.2, 0.25) is 17.7 Å². The summed E-state index contributed by atoms with van der Waals surface area (Å²) in [6, 6.07) is 5.86. The van der Waals surface area contributed by atoms with E-state index in [1.54, 1.807) is 37.5 Å². The molecular formula is C111H120F12N12O6S3. The lowest BCUT2D eigenvalue weighted by molar-refractivity contribution is -0.138. The van der Waals surface area contributed by atoms with Gasteiger partial charge in [-0.2, -0.15) is 54.5 Å². The molecule has 0 saturated heterocycles. The highest BCUT2D eigenvalue weighted by Gasteiger charge is 2.36. The van der Waals surface area contributed by atoms with Gasteiger partial charge in [0, 0.05) is 123 Å². The van der Waals surface area contributed by atoms with Crippen molar-refractivity contribution in [3.8, 4) is 33.4 Å². The normalized spacial score (nSPS) is 20.6. The standard InChI is InChI=1S/3C37H40F4N4O2S/c2*1-4-43(5-2)18-19-44(22-26-6-10-28(11-7-26)29-12-14-30(15-13-29)37(39,40)41)34(46)23-45-33-21-25(3)20-32(33)35(47)42-36(45)48-24-27-8-16-31(38)17-9-27;1-4-43(5-2)19-20-44(22-26-9-13-28(14-10-26)29-15-18-32(25(3)21-29)37(39,40)41)34(46)23-45-33-8-6-7-31(33)35(47)42-36(45)48-24-27-11-16-30(38)17-12-27/h2*6-17,25H,4-5,18-24H2,1-3H3;9-18,21H,4-8,19-20,22-24H2,1-3H3/i6D,7D,10D,11D,12D,13D,14D,15D,20D2,21D2,22D2,23D2,25D;20D2,21D2,22D2,23D2,25D;9D,10D,13D,14D,15D,18D,21D,22D2,23D2. The molecule has 0 spiro atoms. The fraction of sp³-hybridized carbons (Fsp3) is 0.378. The number of nitrogens with zero attached hydrogens (tertiary/aromatic N) is 12. The molecule has 3 amide bonds. The van der Waals surface area contributed by atoms with Crippen LogP contribution in [-0.4, -0.2) is 154 Å². The van der Waals surface area contributed by atoms with Gasteiger partial charge in [-0.1, -0.05) is 236 Å². The average molecular weight is 2080 g/mol. The molecule has 3 aromatic heterocycles. The molecular weight excluding hydrogens is 1920 g/mol. The van der Waals surface area contributed by atoms with E-state index in [-0.39, 0.29) is 94.3 Å². The zero-order valence-electron chi connectivity index (χ0n) is 116. The van der Waals surface area contributed by atoms with Crippen molar-refractivity contribution >= 4 is 53.0 Å². The predicted molar refractivity (Wildman–Crippen MR) is 544 cm³/mol. The maximum absolute atomic E-state index is 15.1. The summed E-state index contributed by atoms with van der Waals surface area (Å²) in [5.41, 5.74) is -16.4. The predicted octanol–water partition coefficient (Wildman–Crippen LogP) is 22.5. The average Bonchev–Trinajstić information content (AvgIpc) is 1.51. The number of amides is 3. The molecule has 0 bridgehead atoms. The first-order valence-corrected chi connectivity index (χ1v) is 48.0. The Morgan fingerprint density at radius 3 is 1.06 bits per heavy atom. The van der Waals surface area contributed by atoms with E-state index in [9.17, 15) is 93.1 Å². The summed E-state index contributed by atoms with van der Waals surface area (Å²) in [6.07, 6.45) is -26.9. The fourth-order valence-corrected chi connectivity index (χ4v) is 17.2. The minimum Gasteiger partial charge on any atom is -0.336 e. The third-order valence-electron chi connectivity index (χ3n) is 22.4. The lowest BCUT2D eigenvalue weighted by Gasteiger charge is -2.28. The van der Waals surface area contributed by atoms with Crippen LogP contribution in [0.2, 0.25) is 0 Å². The molecule has 18 nitrogen and oxygen atoms in total. The molecule has 15 rings (SSSR count). The van der Waals surface area contributed by atoms with Gasteiger partial charge in [-0.25, -0.2) is 13.2 Å². The Bertz CT molecular complexity index is 8600.